The summed E-state index contributed by atoms with van der Waals surface area (Å²) in [6.07, 6.45) is -0.163. The van der Waals surface area contributed by atoms with Gasteiger partial charge in [0.1, 0.15) is 12.1 Å². The first-order valence-electron chi connectivity index (χ1n) is 5.18. The molecular formula is C12H13NO3. The lowest BCUT2D eigenvalue weighted by atomic mass is 10.1. The molecule has 2 atom stereocenters. The first-order valence-corrected chi connectivity index (χ1v) is 5.18. The van der Waals surface area contributed by atoms with Gasteiger partial charge in [0.2, 0.25) is 5.90 Å². The van der Waals surface area contributed by atoms with Gasteiger partial charge in [-0.3, -0.25) is 4.79 Å². The van der Waals surface area contributed by atoms with Crippen molar-refractivity contribution >= 4 is 11.9 Å². The summed E-state index contributed by atoms with van der Waals surface area (Å²) >= 11 is 0. The molecular weight excluding hydrogens is 206 g/mol. The van der Waals surface area contributed by atoms with Gasteiger partial charge in [-0.25, -0.2) is 4.99 Å². The Balaban J connectivity index is 2.16. The highest BCUT2D eigenvalue weighted by Crippen LogP contribution is 2.20. The van der Waals surface area contributed by atoms with E-state index < -0.39 is 5.97 Å². The minimum Gasteiger partial charge on any atom is -0.481 e. The molecule has 1 aliphatic rings. The van der Waals surface area contributed by atoms with E-state index in [2.05, 4.69) is 4.99 Å². The van der Waals surface area contributed by atoms with Crippen LogP contribution in [0.5, 0.6) is 0 Å². The van der Waals surface area contributed by atoms with Crippen LogP contribution in [0.15, 0.2) is 35.3 Å². The molecule has 0 amide bonds. The predicted molar refractivity (Wildman–Crippen MR) is 59.6 cm³/mol. The van der Waals surface area contributed by atoms with Crippen molar-refractivity contribution in [3.05, 3.63) is 35.9 Å². The van der Waals surface area contributed by atoms with Crippen LogP contribution >= 0.6 is 0 Å². The maximum absolute atomic E-state index is 10.6. The molecule has 1 aromatic rings. The summed E-state index contributed by atoms with van der Waals surface area (Å²) in [6.45, 7) is 1.84. The van der Waals surface area contributed by atoms with E-state index in [0.717, 1.165) is 5.56 Å². The summed E-state index contributed by atoms with van der Waals surface area (Å²) in [5.74, 6) is -0.308. The first kappa shape index (κ1) is 10.7. The Morgan fingerprint density at radius 2 is 2.12 bits per heavy atom. The molecule has 0 aliphatic carbocycles. The van der Waals surface area contributed by atoms with Crippen molar-refractivity contribution in [2.24, 2.45) is 4.99 Å². The number of ether oxygens (including phenoxy) is 1. The standard InChI is InChI=1S/C12H13NO3/c1-8-10(7-11(14)15)13-12(16-8)9-5-3-2-4-6-9/h2-6,8,10H,7H2,1H3,(H,14,15)/t8-,10-/m0/s1. The number of rotatable bonds is 3. The number of benzene rings is 1. The van der Waals surface area contributed by atoms with Crippen LogP contribution in [-0.4, -0.2) is 29.1 Å². The summed E-state index contributed by atoms with van der Waals surface area (Å²) in [4.78, 5) is 14.9. The maximum atomic E-state index is 10.6. The van der Waals surface area contributed by atoms with E-state index in [1.807, 2.05) is 37.3 Å². The van der Waals surface area contributed by atoms with Crippen LogP contribution in [0.4, 0.5) is 0 Å². The van der Waals surface area contributed by atoms with Crippen LogP contribution in [0.25, 0.3) is 0 Å². The van der Waals surface area contributed by atoms with E-state index in [9.17, 15) is 4.79 Å². The number of aliphatic carboxylic acids is 1. The van der Waals surface area contributed by atoms with Gasteiger partial charge in [0, 0.05) is 5.56 Å². The van der Waals surface area contributed by atoms with Gasteiger partial charge >= 0.3 is 5.97 Å². The van der Waals surface area contributed by atoms with Gasteiger partial charge in [-0.1, -0.05) is 18.2 Å². The summed E-state index contributed by atoms with van der Waals surface area (Å²) in [5, 5.41) is 8.72. The number of hydrogen-bond donors (Lipinski definition) is 1. The number of hydrogen-bond acceptors (Lipinski definition) is 3. The van der Waals surface area contributed by atoms with Crippen molar-refractivity contribution in [1.82, 2.24) is 0 Å². The zero-order chi connectivity index (χ0) is 11.5. The lowest BCUT2D eigenvalue weighted by molar-refractivity contribution is -0.137. The second kappa shape index (κ2) is 4.35. The second-order valence-electron chi connectivity index (χ2n) is 3.79. The predicted octanol–water partition coefficient (Wildman–Crippen LogP) is 1.70. The molecule has 0 aromatic heterocycles. The number of carboxylic acids is 1. The quantitative estimate of drug-likeness (QED) is 0.841. The number of nitrogens with zero attached hydrogens (tertiary/aromatic N) is 1. The second-order valence-corrected chi connectivity index (χ2v) is 3.79. The van der Waals surface area contributed by atoms with Gasteiger partial charge in [0.25, 0.3) is 0 Å². The molecule has 2 rings (SSSR count). The monoisotopic (exact) mass is 219 g/mol. The summed E-state index contributed by atoms with van der Waals surface area (Å²) in [5.41, 5.74) is 0.891. The van der Waals surface area contributed by atoms with Gasteiger partial charge in [0.15, 0.2) is 0 Å². The fourth-order valence-electron chi connectivity index (χ4n) is 1.65. The van der Waals surface area contributed by atoms with Crippen molar-refractivity contribution in [1.29, 1.82) is 0 Å². The summed E-state index contributed by atoms with van der Waals surface area (Å²) in [7, 11) is 0. The van der Waals surface area contributed by atoms with Crippen LogP contribution in [0.1, 0.15) is 18.9 Å². The third kappa shape index (κ3) is 2.21. The van der Waals surface area contributed by atoms with Gasteiger partial charge in [-0.2, -0.15) is 0 Å². The van der Waals surface area contributed by atoms with Crippen molar-refractivity contribution in [3.63, 3.8) is 0 Å². The molecule has 1 aromatic carbocycles. The molecule has 0 fully saturated rings. The van der Waals surface area contributed by atoms with E-state index in [1.165, 1.54) is 0 Å². The highest BCUT2D eigenvalue weighted by Gasteiger charge is 2.29. The first-order chi connectivity index (χ1) is 7.66. The molecule has 0 unspecified atom stereocenters. The van der Waals surface area contributed by atoms with Crippen molar-refractivity contribution in [3.8, 4) is 0 Å². The number of carbonyl (C=O) groups is 1. The molecule has 0 bridgehead atoms. The lowest BCUT2D eigenvalue weighted by Gasteiger charge is -2.09. The van der Waals surface area contributed by atoms with Gasteiger partial charge in [-0.15, -0.1) is 0 Å². The smallest absolute Gasteiger partial charge is 0.305 e. The minimum absolute atomic E-state index is 0.0114. The largest absolute Gasteiger partial charge is 0.481 e. The van der Waals surface area contributed by atoms with Crippen molar-refractivity contribution in [2.75, 3.05) is 0 Å². The Bertz CT molecular complexity index is 414. The number of aliphatic imine (C=N–C) groups is 1. The minimum atomic E-state index is -0.849. The molecule has 1 N–H and O–H groups in total. The molecule has 0 saturated carbocycles. The van der Waals surface area contributed by atoms with Crippen LogP contribution in [-0.2, 0) is 9.53 Å². The van der Waals surface area contributed by atoms with Gasteiger partial charge in [-0.05, 0) is 19.1 Å². The van der Waals surface area contributed by atoms with E-state index in [1.54, 1.807) is 0 Å². The third-order valence-corrected chi connectivity index (χ3v) is 2.53. The molecule has 0 radical (unpaired) electrons. The highest BCUT2D eigenvalue weighted by atomic mass is 16.5. The zero-order valence-corrected chi connectivity index (χ0v) is 8.96. The molecule has 16 heavy (non-hydrogen) atoms. The molecule has 1 heterocycles. The molecule has 0 saturated heterocycles. The van der Waals surface area contributed by atoms with Crippen molar-refractivity contribution < 1.29 is 14.6 Å². The normalized spacial score (nSPS) is 23.7. The summed E-state index contributed by atoms with van der Waals surface area (Å²) < 4.78 is 5.55. The zero-order valence-electron chi connectivity index (χ0n) is 8.96. The SMILES string of the molecule is C[C@@H]1OC(c2ccccc2)=N[C@H]1CC(=O)O. The van der Waals surface area contributed by atoms with E-state index in [-0.39, 0.29) is 18.6 Å². The average Bonchev–Trinajstić information content (AvgIpc) is 2.61. The fourth-order valence-corrected chi connectivity index (χ4v) is 1.65. The average molecular weight is 219 g/mol. The van der Waals surface area contributed by atoms with E-state index in [4.69, 9.17) is 9.84 Å². The Labute approximate surface area is 93.6 Å². The summed E-state index contributed by atoms with van der Waals surface area (Å²) in [6, 6.07) is 9.22. The topological polar surface area (TPSA) is 58.9 Å². The fraction of sp³-hybridized carbons (Fsp3) is 0.333. The maximum Gasteiger partial charge on any atom is 0.305 e. The van der Waals surface area contributed by atoms with Crippen LogP contribution in [0.2, 0.25) is 0 Å². The Kier molecular flexibility index (Phi) is 2.90. The highest BCUT2D eigenvalue weighted by molar-refractivity contribution is 5.95. The van der Waals surface area contributed by atoms with Crippen LogP contribution in [0.3, 0.4) is 0 Å². The van der Waals surface area contributed by atoms with Crippen LogP contribution in [0, 0.1) is 0 Å². The van der Waals surface area contributed by atoms with Gasteiger partial charge in [0.05, 0.1) is 6.42 Å². The third-order valence-electron chi connectivity index (χ3n) is 2.53. The Morgan fingerprint density at radius 1 is 1.44 bits per heavy atom. The molecule has 4 nitrogen and oxygen atoms in total. The molecule has 0 spiro atoms. The lowest BCUT2D eigenvalue weighted by Crippen LogP contribution is -2.21. The molecule has 4 heteroatoms. The number of carboxylic acid groups (broad SMARTS) is 1. The Hall–Kier alpha value is -1.84. The van der Waals surface area contributed by atoms with E-state index >= 15 is 0 Å². The van der Waals surface area contributed by atoms with Crippen LogP contribution < -0.4 is 0 Å². The van der Waals surface area contributed by atoms with Gasteiger partial charge < -0.3 is 9.84 Å². The van der Waals surface area contributed by atoms with Crippen molar-refractivity contribution in [2.45, 2.75) is 25.5 Å². The Morgan fingerprint density at radius 3 is 2.75 bits per heavy atom. The van der Waals surface area contributed by atoms with E-state index in [0.29, 0.717) is 5.90 Å². The molecule has 1 aliphatic heterocycles. The molecule has 84 valence electrons.